The van der Waals surface area contributed by atoms with Crippen LogP contribution in [0.15, 0.2) is 59.8 Å². The Balaban J connectivity index is 1.99. The van der Waals surface area contributed by atoms with Crippen molar-refractivity contribution in [3.05, 3.63) is 65.9 Å². The SMILES string of the molecule is COc1ccc(-c2nn(Cc3ccccc3)cc2/C=N\NC(N)=O)cc1OC. The maximum absolute atomic E-state index is 10.9. The Morgan fingerprint density at radius 1 is 1.18 bits per heavy atom. The van der Waals surface area contributed by atoms with Gasteiger partial charge in [-0.1, -0.05) is 30.3 Å². The van der Waals surface area contributed by atoms with Crippen LogP contribution in [0.2, 0.25) is 0 Å². The van der Waals surface area contributed by atoms with Crippen LogP contribution < -0.4 is 20.6 Å². The van der Waals surface area contributed by atoms with Gasteiger partial charge in [-0.25, -0.2) is 10.2 Å². The number of primary amides is 1. The number of carbonyl (C=O) groups is 1. The van der Waals surface area contributed by atoms with Crippen molar-refractivity contribution in [3.63, 3.8) is 0 Å². The predicted molar refractivity (Wildman–Crippen MR) is 107 cm³/mol. The summed E-state index contributed by atoms with van der Waals surface area (Å²) in [7, 11) is 3.16. The van der Waals surface area contributed by atoms with Gasteiger partial charge in [0, 0.05) is 17.3 Å². The smallest absolute Gasteiger partial charge is 0.332 e. The van der Waals surface area contributed by atoms with Crippen molar-refractivity contribution in [1.82, 2.24) is 15.2 Å². The number of methoxy groups -OCH3 is 2. The van der Waals surface area contributed by atoms with Crippen LogP contribution in [0.1, 0.15) is 11.1 Å². The van der Waals surface area contributed by atoms with Crippen molar-refractivity contribution in [2.45, 2.75) is 6.54 Å². The fraction of sp³-hybridized carbons (Fsp3) is 0.150. The molecule has 0 aliphatic carbocycles. The number of rotatable bonds is 7. The highest BCUT2D eigenvalue weighted by molar-refractivity contribution is 5.89. The van der Waals surface area contributed by atoms with Crippen LogP contribution in [0.5, 0.6) is 11.5 Å². The Hall–Kier alpha value is -3.81. The number of hydrogen-bond acceptors (Lipinski definition) is 5. The minimum absolute atomic E-state index is 0.593. The standard InChI is InChI=1S/C20H21N5O3/c1-27-17-9-8-15(10-18(17)28-2)19-16(11-22-23-20(21)26)13-25(24-19)12-14-6-4-3-5-7-14/h3-11,13H,12H2,1-2H3,(H3,21,23,26)/b22-11-. The van der Waals surface area contributed by atoms with E-state index in [0.717, 1.165) is 16.7 Å². The zero-order valence-electron chi connectivity index (χ0n) is 15.6. The second kappa shape index (κ2) is 8.72. The van der Waals surface area contributed by atoms with Crippen LogP contribution in [-0.2, 0) is 6.54 Å². The zero-order chi connectivity index (χ0) is 19.9. The van der Waals surface area contributed by atoms with Crippen LogP contribution in [-0.4, -0.2) is 36.2 Å². The topological polar surface area (TPSA) is 104 Å². The van der Waals surface area contributed by atoms with Crippen molar-refractivity contribution < 1.29 is 14.3 Å². The van der Waals surface area contributed by atoms with E-state index >= 15 is 0 Å². The molecule has 0 aliphatic rings. The summed E-state index contributed by atoms with van der Waals surface area (Å²) in [5, 5.41) is 8.55. The monoisotopic (exact) mass is 379 g/mol. The molecular formula is C20H21N5O3. The van der Waals surface area contributed by atoms with E-state index in [9.17, 15) is 4.79 Å². The predicted octanol–water partition coefficient (Wildman–Crippen LogP) is 2.62. The van der Waals surface area contributed by atoms with E-state index in [1.807, 2.05) is 59.4 Å². The van der Waals surface area contributed by atoms with Gasteiger partial charge in [0.1, 0.15) is 5.69 Å². The number of ether oxygens (including phenoxy) is 2. The van der Waals surface area contributed by atoms with Gasteiger partial charge in [0.05, 0.1) is 27.0 Å². The van der Waals surface area contributed by atoms with E-state index in [0.29, 0.717) is 23.7 Å². The lowest BCUT2D eigenvalue weighted by Crippen LogP contribution is -2.24. The van der Waals surface area contributed by atoms with Crippen molar-refractivity contribution in [2.24, 2.45) is 10.8 Å². The molecule has 144 valence electrons. The first kappa shape index (κ1) is 19.0. The number of aromatic nitrogens is 2. The van der Waals surface area contributed by atoms with E-state index in [1.165, 1.54) is 6.21 Å². The highest BCUT2D eigenvalue weighted by atomic mass is 16.5. The van der Waals surface area contributed by atoms with Gasteiger partial charge in [0.15, 0.2) is 11.5 Å². The Morgan fingerprint density at radius 2 is 1.93 bits per heavy atom. The van der Waals surface area contributed by atoms with E-state index in [4.69, 9.17) is 15.2 Å². The molecule has 3 N–H and O–H groups in total. The summed E-state index contributed by atoms with van der Waals surface area (Å²) in [5.41, 5.74) is 10.6. The number of hydrazone groups is 1. The largest absolute Gasteiger partial charge is 0.493 e. The molecule has 28 heavy (non-hydrogen) atoms. The number of carbonyl (C=O) groups excluding carboxylic acids is 1. The molecule has 0 saturated carbocycles. The van der Waals surface area contributed by atoms with Gasteiger partial charge >= 0.3 is 6.03 Å². The Kier molecular flexibility index (Phi) is 5.91. The molecule has 0 unspecified atom stereocenters. The average molecular weight is 379 g/mol. The van der Waals surface area contributed by atoms with E-state index in [-0.39, 0.29) is 0 Å². The van der Waals surface area contributed by atoms with Gasteiger partial charge in [-0.15, -0.1) is 0 Å². The molecule has 1 heterocycles. The van der Waals surface area contributed by atoms with E-state index in [1.54, 1.807) is 14.2 Å². The number of benzene rings is 2. The Labute approximate surface area is 162 Å². The minimum Gasteiger partial charge on any atom is -0.493 e. The molecule has 3 aromatic rings. The summed E-state index contributed by atoms with van der Waals surface area (Å²) in [5.74, 6) is 1.22. The lowest BCUT2D eigenvalue weighted by atomic mass is 10.1. The third-order valence-electron chi connectivity index (χ3n) is 4.01. The van der Waals surface area contributed by atoms with Crippen LogP contribution >= 0.6 is 0 Å². The van der Waals surface area contributed by atoms with Crippen molar-refractivity contribution in [2.75, 3.05) is 14.2 Å². The quantitative estimate of drug-likeness (QED) is 0.486. The molecule has 0 saturated heterocycles. The van der Waals surface area contributed by atoms with Crippen LogP contribution in [0.4, 0.5) is 4.79 Å². The molecule has 2 aromatic carbocycles. The molecule has 1 aromatic heterocycles. The number of urea groups is 1. The molecule has 0 fully saturated rings. The lowest BCUT2D eigenvalue weighted by Gasteiger charge is -2.09. The van der Waals surface area contributed by atoms with Crippen molar-refractivity contribution in [3.8, 4) is 22.8 Å². The maximum Gasteiger partial charge on any atom is 0.332 e. The normalized spacial score (nSPS) is 10.8. The highest BCUT2D eigenvalue weighted by Gasteiger charge is 2.13. The first-order valence-electron chi connectivity index (χ1n) is 8.53. The molecular weight excluding hydrogens is 358 g/mol. The van der Waals surface area contributed by atoms with Gasteiger partial charge in [0.2, 0.25) is 0 Å². The maximum atomic E-state index is 10.9. The van der Waals surface area contributed by atoms with E-state index in [2.05, 4.69) is 15.6 Å². The average Bonchev–Trinajstić information content (AvgIpc) is 3.10. The zero-order valence-corrected chi connectivity index (χ0v) is 15.6. The fourth-order valence-corrected chi connectivity index (χ4v) is 2.76. The first-order chi connectivity index (χ1) is 13.6. The van der Waals surface area contributed by atoms with Crippen molar-refractivity contribution >= 4 is 12.2 Å². The summed E-state index contributed by atoms with van der Waals surface area (Å²) in [6, 6.07) is 14.8. The summed E-state index contributed by atoms with van der Waals surface area (Å²) >= 11 is 0. The van der Waals surface area contributed by atoms with Gasteiger partial charge in [-0.05, 0) is 23.8 Å². The molecule has 2 amide bonds. The number of nitrogens with two attached hydrogens (primary N) is 1. The molecule has 0 radical (unpaired) electrons. The molecule has 0 spiro atoms. The summed E-state index contributed by atoms with van der Waals surface area (Å²) in [6.45, 7) is 0.595. The molecule has 3 rings (SSSR count). The molecule has 0 aliphatic heterocycles. The Bertz CT molecular complexity index is 983. The summed E-state index contributed by atoms with van der Waals surface area (Å²) in [6.07, 6.45) is 3.36. The van der Waals surface area contributed by atoms with Crippen LogP contribution in [0, 0.1) is 0 Å². The van der Waals surface area contributed by atoms with Gasteiger partial charge in [0.25, 0.3) is 0 Å². The van der Waals surface area contributed by atoms with Gasteiger partial charge < -0.3 is 15.2 Å². The second-order valence-electron chi connectivity index (χ2n) is 5.92. The van der Waals surface area contributed by atoms with Crippen molar-refractivity contribution in [1.29, 1.82) is 0 Å². The molecule has 0 atom stereocenters. The van der Waals surface area contributed by atoms with Gasteiger partial charge in [-0.3, -0.25) is 4.68 Å². The summed E-state index contributed by atoms with van der Waals surface area (Å²) in [4.78, 5) is 10.9. The first-order valence-corrected chi connectivity index (χ1v) is 8.53. The van der Waals surface area contributed by atoms with Crippen LogP contribution in [0.3, 0.4) is 0 Å². The number of hydrogen-bond donors (Lipinski definition) is 2. The third-order valence-corrected chi connectivity index (χ3v) is 4.01. The fourth-order valence-electron chi connectivity index (χ4n) is 2.76. The lowest BCUT2D eigenvalue weighted by molar-refractivity contribution is 0.249. The third kappa shape index (κ3) is 4.47. The van der Waals surface area contributed by atoms with Gasteiger partial charge in [-0.2, -0.15) is 10.2 Å². The minimum atomic E-state index is -0.736. The summed E-state index contributed by atoms with van der Waals surface area (Å²) < 4.78 is 12.5. The number of nitrogens with one attached hydrogen (secondary N) is 1. The number of amides is 2. The van der Waals surface area contributed by atoms with E-state index < -0.39 is 6.03 Å². The number of nitrogens with zero attached hydrogens (tertiary/aromatic N) is 3. The second-order valence-corrected chi connectivity index (χ2v) is 5.92. The Morgan fingerprint density at radius 3 is 2.61 bits per heavy atom. The molecule has 8 heteroatoms. The van der Waals surface area contributed by atoms with Crippen LogP contribution in [0.25, 0.3) is 11.3 Å². The molecule has 0 bridgehead atoms. The highest BCUT2D eigenvalue weighted by Crippen LogP contribution is 2.32. The molecule has 8 nitrogen and oxygen atoms in total.